The summed E-state index contributed by atoms with van der Waals surface area (Å²) in [5.74, 6) is -1.38. The van der Waals surface area contributed by atoms with E-state index in [1.807, 2.05) is 0 Å². The summed E-state index contributed by atoms with van der Waals surface area (Å²) in [7, 11) is 0. The van der Waals surface area contributed by atoms with E-state index < -0.39 is 23.4 Å². The Bertz CT molecular complexity index is 649. The van der Waals surface area contributed by atoms with Crippen LogP contribution in [0.5, 0.6) is 0 Å². The Hall–Kier alpha value is -2.11. The number of nitrogens with one attached hydrogen (secondary N) is 1. The Balaban J connectivity index is 2.16. The average molecular weight is 301 g/mol. The van der Waals surface area contributed by atoms with Crippen molar-refractivity contribution in [1.29, 1.82) is 0 Å². The van der Waals surface area contributed by atoms with Crippen LogP contribution in [0.1, 0.15) is 16.7 Å². The molecule has 0 aliphatic rings. The predicted molar refractivity (Wildman–Crippen MR) is 69.9 cm³/mol. The molecular weight excluding hydrogens is 289 g/mol. The molecule has 0 fully saturated rings. The third kappa shape index (κ3) is 3.93. The molecule has 1 nitrogen and oxygen atoms in total. The van der Waals surface area contributed by atoms with Gasteiger partial charge in [-0.15, -0.1) is 0 Å². The van der Waals surface area contributed by atoms with Gasteiger partial charge in [-0.25, -0.2) is 8.78 Å². The van der Waals surface area contributed by atoms with Crippen LogP contribution in [0.15, 0.2) is 36.4 Å². The third-order valence-corrected chi connectivity index (χ3v) is 2.95. The van der Waals surface area contributed by atoms with Crippen molar-refractivity contribution in [2.75, 3.05) is 5.32 Å². The fraction of sp³-hybridized carbons (Fsp3) is 0.200. The zero-order valence-electron chi connectivity index (χ0n) is 11.1. The molecule has 0 atom stereocenters. The predicted octanol–water partition coefficient (Wildman–Crippen LogP) is 4.90. The van der Waals surface area contributed by atoms with Gasteiger partial charge in [0.1, 0.15) is 11.6 Å². The van der Waals surface area contributed by atoms with E-state index in [0.29, 0.717) is 17.3 Å². The van der Waals surface area contributed by atoms with Gasteiger partial charge in [-0.1, -0.05) is 6.07 Å². The number of hydrogen-bond donors (Lipinski definition) is 1. The minimum absolute atomic E-state index is 0.0384. The highest BCUT2D eigenvalue weighted by atomic mass is 19.4. The van der Waals surface area contributed by atoms with Crippen molar-refractivity contribution in [1.82, 2.24) is 0 Å². The van der Waals surface area contributed by atoms with E-state index in [9.17, 15) is 22.0 Å². The van der Waals surface area contributed by atoms with Crippen LogP contribution < -0.4 is 5.32 Å². The molecule has 2 rings (SSSR count). The number of rotatable bonds is 3. The fourth-order valence-electron chi connectivity index (χ4n) is 1.82. The minimum Gasteiger partial charge on any atom is -0.381 e. The van der Waals surface area contributed by atoms with Crippen LogP contribution in [0.4, 0.5) is 27.6 Å². The second-order valence-corrected chi connectivity index (χ2v) is 4.66. The first-order chi connectivity index (χ1) is 9.75. The van der Waals surface area contributed by atoms with E-state index >= 15 is 0 Å². The molecule has 0 aliphatic carbocycles. The molecule has 0 unspecified atom stereocenters. The van der Waals surface area contributed by atoms with Gasteiger partial charge >= 0.3 is 6.18 Å². The third-order valence-electron chi connectivity index (χ3n) is 2.95. The molecule has 0 heterocycles. The first-order valence-corrected chi connectivity index (χ1v) is 6.12. The van der Waals surface area contributed by atoms with E-state index in [4.69, 9.17) is 0 Å². The molecule has 0 spiro atoms. The Kier molecular flexibility index (Phi) is 4.16. The van der Waals surface area contributed by atoms with E-state index in [-0.39, 0.29) is 12.1 Å². The summed E-state index contributed by atoms with van der Waals surface area (Å²) in [4.78, 5) is 0. The molecule has 0 saturated heterocycles. The van der Waals surface area contributed by atoms with Crippen molar-refractivity contribution in [3.8, 4) is 0 Å². The molecule has 2 aromatic rings. The van der Waals surface area contributed by atoms with Gasteiger partial charge in [0.2, 0.25) is 0 Å². The van der Waals surface area contributed by atoms with Gasteiger partial charge in [-0.05, 0) is 48.4 Å². The summed E-state index contributed by atoms with van der Waals surface area (Å²) in [6.07, 6.45) is -4.60. The Morgan fingerprint density at radius 1 is 1.00 bits per heavy atom. The second kappa shape index (κ2) is 5.71. The van der Waals surface area contributed by atoms with Crippen LogP contribution in [0, 0.1) is 18.6 Å². The molecule has 0 bridgehead atoms. The number of halogens is 5. The largest absolute Gasteiger partial charge is 0.416 e. The van der Waals surface area contributed by atoms with E-state index in [1.165, 1.54) is 6.07 Å². The van der Waals surface area contributed by atoms with E-state index in [2.05, 4.69) is 5.32 Å². The lowest BCUT2D eigenvalue weighted by atomic mass is 10.1. The molecule has 0 saturated carbocycles. The monoisotopic (exact) mass is 301 g/mol. The first kappa shape index (κ1) is 15.3. The molecule has 21 heavy (non-hydrogen) atoms. The zero-order chi connectivity index (χ0) is 15.6. The van der Waals surface area contributed by atoms with Gasteiger partial charge in [0.25, 0.3) is 0 Å². The summed E-state index contributed by atoms with van der Waals surface area (Å²) in [6, 6.07) is 6.69. The smallest absolute Gasteiger partial charge is 0.381 e. The number of aryl methyl sites for hydroxylation is 1. The van der Waals surface area contributed by atoms with Crippen LogP contribution in [0.3, 0.4) is 0 Å². The van der Waals surface area contributed by atoms with Crippen LogP contribution >= 0.6 is 0 Å². The maximum absolute atomic E-state index is 13.3. The molecule has 2 aromatic carbocycles. The van der Waals surface area contributed by atoms with Gasteiger partial charge in [0, 0.05) is 12.2 Å². The molecule has 1 N–H and O–H groups in total. The minimum atomic E-state index is -4.60. The van der Waals surface area contributed by atoms with Crippen molar-refractivity contribution >= 4 is 5.69 Å². The maximum Gasteiger partial charge on any atom is 0.416 e. The average Bonchev–Trinajstić information content (AvgIpc) is 2.38. The summed E-state index contributed by atoms with van der Waals surface area (Å²) in [5, 5.41) is 2.76. The Labute approximate surface area is 118 Å². The van der Waals surface area contributed by atoms with Crippen molar-refractivity contribution < 1.29 is 22.0 Å². The first-order valence-electron chi connectivity index (χ1n) is 6.12. The second-order valence-electron chi connectivity index (χ2n) is 4.66. The summed E-state index contributed by atoms with van der Waals surface area (Å²) in [5.41, 5.74) is -0.0423. The SMILES string of the molecule is Cc1ccc(NCc2cc(F)cc(C(F)(F)F)c2)cc1F. The van der Waals surface area contributed by atoms with Crippen molar-refractivity contribution in [2.45, 2.75) is 19.6 Å². The maximum atomic E-state index is 13.3. The lowest BCUT2D eigenvalue weighted by Crippen LogP contribution is -2.08. The summed E-state index contributed by atoms with van der Waals surface area (Å²) < 4.78 is 64.3. The van der Waals surface area contributed by atoms with Crippen LogP contribution in [-0.2, 0) is 12.7 Å². The van der Waals surface area contributed by atoms with Crippen LogP contribution in [0.25, 0.3) is 0 Å². The number of alkyl halides is 3. The highest BCUT2D eigenvalue weighted by Gasteiger charge is 2.31. The fourth-order valence-corrected chi connectivity index (χ4v) is 1.82. The van der Waals surface area contributed by atoms with Crippen molar-refractivity contribution in [2.24, 2.45) is 0 Å². The number of benzene rings is 2. The van der Waals surface area contributed by atoms with E-state index in [1.54, 1.807) is 19.1 Å². The molecular formula is C15H12F5N. The normalized spacial score (nSPS) is 11.5. The van der Waals surface area contributed by atoms with Crippen molar-refractivity contribution in [3.05, 3.63) is 64.7 Å². The molecule has 0 amide bonds. The van der Waals surface area contributed by atoms with Crippen molar-refractivity contribution in [3.63, 3.8) is 0 Å². The summed E-state index contributed by atoms with van der Waals surface area (Å²) in [6.45, 7) is 1.56. The number of hydrogen-bond acceptors (Lipinski definition) is 1. The lowest BCUT2D eigenvalue weighted by molar-refractivity contribution is -0.137. The Morgan fingerprint density at radius 3 is 2.33 bits per heavy atom. The van der Waals surface area contributed by atoms with Gasteiger partial charge in [0.15, 0.2) is 0 Å². The van der Waals surface area contributed by atoms with Crippen LogP contribution in [-0.4, -0.2) is 0 Å². The van der Waals surface area contributed by atoms with Gasteiger partial charge in [-0.3, -0.25) is 0 Å². The molecule has 0 aromatic heterocycles. The van der Waals surface area contributed by atoms with E-state index in [0.717, 1.165) is 12.1 Å². The van der Waals surface area contributed by atoms with Gasteiger partial charge in [-0.2, -0.15) is 13.2 Å². The summed E-state index contributed by atoms with van der Waals surface area (Å²) >= 11 is 0. The topological polar surface area (TPSA) is 12.0 Å². The number of anilines is 1. The molecule has 112 valence electrons. The Morgan fingerprint density at radius 2 is 1.71 bits per heavy atom. The highest BCUT2D eigenvalue weighted by Crippen LogP contribution is 2.30. The standard InChI is InChI=1S/C15H12F5N/c1-9-2-3-13(7-14(9)17)21-8-10-4-11(15(18,19)20)6-12(16)5-10/h2-7,21H,8H2,1H3. The van der Waals surface area contributed by atoms with Gasteiger partial charge in [0.05, 0.1) is 5.56 Å². The molecule has 0 aliphatic heterocycles. The van der Waals surface area contributed by atoms with Gasteiger partial charge < -0.3 is 5.32 Å². The van der Waals surface area contributed by atoms with Crippen LogP contribution in [0.2, 0.25) is 0 Å². The highest BCUT2D eigenvalue weighted by molar-refractivity contribution is 5.46. The molecule has 6 heteroatoms. The molecule has 0 radical (unpaired) electrons. The quantitative estimate of drug-likeness (QED) is 0.795. The zero-order valence-corrected chi connectivity index (χ0v) is 11.1. The lowest BCUT2D eigenvalue weighted by Gasteiger charge is -2.11.